The molecule has 0 spiro atoms. The van der Waals surface area contributed by atoms with E-state index >= 15 is 0 Å². The topological polar surface area (TPSA) is 87.2 Å². The zero-order chi connectivity index (χ0) is 17.6. The standard InChI is InChI=1S/C18H21N5O2/c1-19-18(25)15-6-5-14(11-20-15)17(24)22-16-7-4-13(10-21-16)12-23-8-2-3-9-23/h4-7,10-11H,2-3,8-9,12H2,1H3,(H,19,25)(H,21,22,24). The summed E-state index contributed by atoms with van der Waals surface area (Å²) in [6.45, 7) is 3.17. The fourth-order valence-electron chi connectivity index (χ4n) is 2.77. The van der Waals surface area contributed by atoms with E-state index in [-0.39, 0.29) is 17.5 Å². The van der Waals surface area contributed by atoms with Crippen LogP contribution < -0.4 is 10.6 Å². The molecule has 7 nitrogen and oxygen atoms in total. The Kier molecular flexibility index (Phi) is 5.35. The van der Waals surface area contributed by atoms with Crippen LogP contribution in [0.25, 0.3) is 0 Å². The molecule has 1 saturated heterocycles. The Labute approximate surface area is 146 Å². The highest BCUT2D eigenvalue weighted by atomic mass is 16.2. The highest BCUT2D eigenvalue weighted by Crippen LogP contribution is 2.14. The summed E-state index contributed by atoms with van der Waals surface area (Å²) in [5.74, 6) is -0.108. The first-order valence-electron chi connectivity index (χ1n) is 8.32. The molecule has 0 bridgehead atoms. The maximum Gasteiger partial charge on any atom is 0.269 e. The number of likely N-dealkylation sites (tertiary alicyclic amines) is 1. The van der Waals surface area contributed by atoms with Crippen molar-refractivity contribution >= 4 is 17.6 Å². The molecule has 1 aliphatic rings. The first kappa shape index (κ1) is 17.0. The number of aromatic nitrogens is 2. The predicted molar refractivity (Wildman–Crippen MR) is 94.3 cm³/mol. The van der Waals surface area contributed by atoms with E-state index in [1.54, 1.807) is 18.3 Å². The Balaban J connectivity index is 1.59. The van der Waals surface area contributed by atoms with Gasteiger partial charge in [-0.15, -0.1) is 0 Å². The zero-order valence-corrected chi connectivity index (χ0v) is 14.2. The Morgan fingerprint density at radius 2 is 1.84 bits per heavy atom. The van der Waals surface area contributed by atoms with Gasteiger partial charge in [0.05, 0.1) is 5.56 Å². The van der Waals surface area contributed by atoms with Crippen LogP contribution >= 0.6 is 0 Å². The van der Waals surface area contributed by atoms with Gasteiger partial charge in [0.15, 0.2) is 0 Å². The second-order valence-electron chi connectivity index (χ2n) is 6.00. The summed E-state index contributed by atoms with van der Waals surface area (Å²) in [5, 5.41) is 5.22. The number of hydrogen-bond acceptors (Lipinski definition) is 5. The van der Waals surface area contributed by atoms with Gasteiger partial charge in [-0.3, -0.25) is 19.5 Å². The Morgan fingerprint density at radius 1 is 1.04 bits per heavy atom. The van der Waals surface area contributed by atoms with Crippen LogP contribution in [0, 0.1) is 0 Å². The molecule has 25 heavy (non-hydrogen) atoms. The molecule has 7 heteroatoms. The van der Waals surface area contributed by atoms with Crippen molar-refractivity contribution in [3.8, 4) is 0 Å². The molecule has 1 aliphatic heterocycles. The maximum absolute atomic E-state index is 12.2. The van der Waals surface area contributed by atoms with Gasteiger partial charge in [0.25, 0.3) is 11.8 Å². The summed E-state index contributed by atoms with van der Waals surface area (Å²) < 4.78 is 0. The number of carbonyl (C=O) groups excluding carboxylic acids is 2. The largest absolute Gasteiger partial charge is 0.354 e. The van der Waals surface area contributed by atoms with E-state index in [1.165, 1.54) is 32.2 Å². The second kappa shape index (κ2) is 7.85. The number of pyridine rings is 2. The summed E-state index contributed by atoms with van der Waals surface area (Å²) in [7, 11) is 1.53. The highest BCUT2D eigenvalue weighted by Gasteiger charge is 2.13. The van der Waals surface area contributed by atoms with Gasteiger partial charge >= 0.3 is 0 Å². The molecule has 1 fully saturated rings. The molecule has 0 saturated carbocycles. The number of amides is 2. The number of nitrogens with zero attached hydrogens (tertiary/aromatic N) is 3. The van der Waals surface area contributed by atoms with Crippen molar-refractivity contribution < 1.29 is 9.59 Å². The second-order valence-corrected chi connectivity index (χ2v) is 6.00. The molecule has 0 radical (unpaired) electrons. The van der Waals surface area contributed by atoms with E-state index in [9.17, 15) is 9.59 Å². The summed E-state index contributed by atoms with van der Waals surface area (Å²) in [5.41, 5.74) is 1.77. The van der Waals surface area contributed by atoms with Crippen molar-refractivity contribution in [3.63, 3.8) is 0 Å². The van der Waals surface area contributed by atoms with Crippen molar-refractivity contribution in [1.29, 1.82) is 0 Å². The van der Waals surface area contributed by atoms with Gasteiger partial charge in [0.1, 0.15) is 11.5 Å². The smallest absolute Gasteiger partial charge is 0.269 e. The highest BCUT2D eigenvalue weighted by molar-refractivity contribution is 6.04. The quantitative estimate of drug-likeness (QED) is 0.865. The van der Waals surface area contributed by atoms with E-state index in [4.69, 9.17) is 0 Å². The van der Waals surface area contributed by atoms with Crippen LogP contribution in [0.3, 0.4) is 0 Å². The van der Waals surface area contributed by atoms with Crippen molar-refractivity contribution in [2.24, 2.45) is 0 Å². The normalized spacial score (nSPS) is 14.3. The lowest BCUT2D eigenvalue weighted by Gasteiger charge is -2.14. The molecular weight excluding hydrogens is 318 g/mol. The summed E-state index contributed by atoms with van der Waals surface area (Å²) in [4.78, 5) is 34.4. The lowest BCUT2D eigenvalue weighted by molar-refractivity contribution is 0.0955. The van der Waals surface area contributed by atoms with Crippen LogP contribution in [0.1, 0.15) is 39.3 Å². The third-order valence-corrected chi connectivity index (χ3v) is 4.16. The lowest BCUT2D eigenvalue weighted by Crippen LogP contribution is -2.20. The monoisotopic (exact) mass is 339 g/mol. The third-order valence-electron chi connectivity index (χ3n) is 4.16. The van der Waals surface area contributed by atoms with Gasteiger partial charge < -0.3 is 10.6 Å². The van der Waals surface area contributed by atoms with E-state index < -0.39 is 0 Å². The fraction of sp³-hybridized carbons (Fsp3) is 0.333. The van der Waals surface area contributed by atoms with Crippen LogP contribution in [-0.4, -0.2) is 46.8 Å². The van der Waals surface area contributed by atoms with Crippen LogP contribution in [0.15, 0.2) is 36.7 Å². The van der Waals surface area contributed by atoms with Gasteiger partial charge in [-0.25, -0.2) is 4.98 Å². The average Bonchev–Trinajstić information content (AvgIpc) is 3.16. The minimum Gasteiger partial charge on any atom is -0.354 e. The average molecular weight is 339 g/mol. The Hall–Kier alpha value is -2.80. The number of nitrogens with one attached hydrogen (secondary N) is 2. The van der Waals surface area contributed by atoms with Gasteiger partial charge in [0, 0.05) is 26.0 Å². The Bertz CT molecular complexity index is 737. The molecule has 2 N–H and O–H groups in total. The summed E-state index contributed by atoms with van der Waals surface area (Å²) in [6, 6.07) is 6.86. The number of hydrogen-bond donors (Lipinski definition) is 2. The molecule has 0 unspecified atom stereocenters. The minimum atomic E-state index is -0.309. The first-order valence-corrected chi connectivity index (χ1v) is 8.32. The van der Waals surface area contributed by atoms with Crippen molar-refractivity contribution in [1.82, 2.24) is 20.2 Å². The zero-order valence-electron chi connectivity index (χ0n) is 14.2. The van der Waals surface area contributed by atoms with Crippen molar-refractivity contribution in [2.75, 3.05) is 25.5 Å². The number of carbonyl (C=O) groups is 2. The van der Waals surface area contributed by atoms with Crippen molar-refractivity contribution in [2.45, 2.75) is 19.4 Å². The molecular formula is C18H21N5O2. The SMILES string of the molecule is CNC(=O)c1ccc(C(=O)Nc2ccc(CN3CCCC3)cn2)cn1. The van der Waals surface area contributed by atoms with Crippen LogP contribution in [0.4, 0.5) is 5.82 Å². The molecule has 130 valence electrons. The van der Waals surface area contributed by atoms with E-state index in [1.807, 2.05) is 6.07 Å². The molecule has 2 amide bonds. The van der Waals surface area contributed by atoms with Gasteiger partial charge in [0.2, 0.25) is 0 Å². The molecule has 2 aromatic rings. The summed E-state index contributed by atoms with van der Waals surface area (Å²) >= 11 is 0. The summed E-state index contributed by atoms with van der Waals surface area (Å²) in [6.07, 6.45) is 5.69. The van der Waals surface area contributed by atoms with Gasteiger partial charge in [-0.1, -0.05) is 6.07 Å². The van der Waals surface area contributed by atoms with Crippen LogP contribution in [-0.2, 0) is 6.54 Å². The van der Waals surface area contributed by atoms with Gasteiger partial charge in [-0.2, -0.15) is 0 Å². The number of rotatable bonds is 5. The molecule has 3 heterocycles. The van der Waals surface area contributed by atoms with E-state index in [0.717, 1.165) is 25.2 Å². The minimum absolute atomic E-state index is 0.267. The third kappa shape index (κ3) is 4.39. The Morgan fingerprint density at radius 3 is 2.44 bits per heavy atom. The molecule has 0 aromatic carbocycles. The van der Waals surface area contributed by atoms with Crippen LogP contribution in [0.2, 0.25) is 0 Å². The predicted octanol–water partition coefficient (Wildman–Crippen LogP) is 1.68. The molecule has 2 aromatic heterocycles. The maximum atomic E-state index is 12.2. The number of anilines is 1. The lowest BCUT2D eigenvalue weighted by atomic mass is 10.2. The van der Waals surface area contributed by atoms with Crippen molar-refractivity contribution in [3.05, 3.63) is 53.5 Å². The molecule has 0 aliphatic carbocycles. The molecule has 0 atom stereocenters. The first-order chi connectivity index (χ1) is 12.2. The molecule has 3 rings (SSSR count). The van der Waals surface area contributed by atoms with Crippen LogP contribution in [0.5, 0.6) is 0 Å². The van der Waals surface area contributed by atoms with Gasteiger partial charge in [-0.05, 0) is 49.7 Å². The van der Waals surface area contributed by atoms with E-state index in [2.05, 4.69) is 25.5 Å². The fourth-order valence-corrected chi connectivity index (χ4v) is 2.77. The van der Waals surface area contributed by atoms with E-state index in [0.29, 0.717) is 11.4 Å².